The van der Waals surface area contributed by atoms with Crippen molar-refractivity contribution in [2.24, 2.45) is 0 Å². The quantitative estimate of drug-likeness (QED) is 0.698. The molecule has 2 aromatic carbocycles. The van der Waals surface area contributed by atoms with Gasteiger partial charge in [-0.2, -0.15) is 0 Å². The molecule has 2 nitrogen and oxygen atoms in total. The summed E-state index contributed by atoms with van der Waals surface area (Å²) in [5, 5.41) is 5.86. The van der Waals surface area contributed by atoms with Crippen LogP contribution in [0.5, 0.6) is 0 Å². The van der Waals surface area contributed by atoms with Crippen LogP contribution >= 0.6 is 22.6 Å². The average Bonchev–Trinajstić information content (AvgIpc) is 2.45. The molecular weight excluding hydrogens is 347 g/mol. The summed E-state index contributed by atoms with van der Waals surface area (Å²) in [7, 11) is 0. The van der Waals surface area contributed by atoms with Crippen LogP contribution in [0.4, 0.5) is 5.69 Å². The second-order valence-corrected chi connectivity index (χ2v) is 5.67. The minimum Gasteiger partial charge on any atom is -0.381 e. The molecule has 94 valence electrons. The van der Waals surface area contributed by atoms with E-state index in [1.807, 2.05) is 18.5 Å². The number of rotatable bonds is 3. The molecule has 3 aromatic rings. The van der Waals surface area contributed by atoms with Gasteiger partial charge in [-0.3, -0.25) is 4.98 Å². The van der Waals surface area contributed by atoms with E-state index < -0.39 is 0 Å². The Morgan fingerprint density at radius 2 is 1.95 bits per heavy atom. The maximum absolute atomic E-state index is 4.13. The molecule has 0 atom stereocenters. The fourth-order valence-corrected chi connectivity index (χ4v) is 2.59. The number of anilines is 1. The fourth-order valence-electron chi connectivity index (χ4n) is 2.05. The maximum Gasteiger partial charge on any atom is 0.0401 e. The predicted octanol–water partition coefficient (Wildman–Crippen LogP) is 4.45. The number of hydrogen-bond acceptors (Lipinski definition) is 2. The topological polar surface area (TPSA) is 24.9 Å². The molecule has 3 rings (SSSR count). The van der Waals surface area contributed by atoms with E-state index in [1.165, 1.54) is 19.9 Å². The summed E-state index contributed by atoms with van der Waals surface area (Å²) in [6.07, 6.45) is 3.73. The lowest BCUT2D eigenvalue weighted by atomic mass is 10.1. The minimum absolute atomic E-state index is 0.832. The van der Waals surface area contributed by atoms with Crippen LogP contribution < -0.4 is 5.32 Å². The molecule has 3 heteroatoms. The number of pyridine rings is 1. The normalized spacial score (nSPS) is 10.6. The van der Waals surface area contributed by atoms with E-state index in [1.54, 1.807) is 0 Å². The average molecular weight is 360 g/mol. The van der Waals surface area contributed by atoms with Crippen molar-refractivity contribution >= 4 is 39.1 Å². The van der Waals surface area contributed by atoms with Crippen LogP contribution in [0, 0.1) is 3.57 Å². The Morgan fingerprint density at radius 3 is 2.84 bits per heavy atom. The molecule has 0 amide bonds. The van der Waals surface area contributed by atoms with Gasteiger partial charge in [0, 0.05) is 33.6 Å². The lowest BCUT2D eigenvalue weighted by Gasteiger charge is -2.08. The van der Waals surface area contributed by atoms with Gasteiger partial charge < -0.3 is 5.32 Å². The number of nitrogens with zero attached hydrogens (tertiary/aromatic N) is 1. The maximum atomic E-state index is 4.13. The molecule has 0 fully saturated rings. The van der Waals surface area contributed by atoms with Crippen LogP contribution in [0.25, 0.3) is 10.8 Å². The van der Waals surface area contributed by atoms with Crippen molar-refractivity contribution in [1.29, 1.82) is 0 Å². The van der Waals surface area contributed by atoms with Crippen molar-refractivity contribution in [1.82, 2.24) is 4.98 Å². The molecule has 0 saturated heterocycles. The highest BCUT2D eigenvalue weighted by Crippen LogP contribution is 2.17. The van der Waals surface area contributed by atoms with Gasteiger partial charge in [0.1, 0.15) is 0 Å². The van der Waals surface area contributed by atoms with E-state index in [2.05, 4.69) is 75.4 Å². The summed E-state index contributed by atoms with van der Waals surface area (Å²) in [6, 6.07) is 16.9. The predicted molar refractivity (Wildman–Crippen MR) is 88.2 cm³/mol. The van der Waals surface area contributed by atoms with Crippen molar-refractivity contribution < 1.29 is 0 Å². The highest BCUT2D eigenvalue weighted by Gasteiger charge is 1.97. The first-order valence-electron chi connectivity index (χ1n) is 6.13. The number of nitrogens with one attached hydrogen (secondary N) is 1. The fraction of sp³-hybridized carbons (Fsp3) is 0.0625. The number of aromatic nitrogens is 1. The van der Waals surface area contributed by atoms with Crippen molar-refractivity contribution in [3.05, 3.63) is 70.1 Å². The second-order valence-electron chi connectivity index (χ2n) is 4.42. The first-order valence-corrected chi connectivity index (χ1v) is 7.21. The molecule has 0 bridgehead atoms. The van der Waals surface area contributed by atoms with Gasteiger partial charge in [-0.15, -0.1) is 0 Å². The molecule has 1 aromatic heterocycles. The third kappa shape index (κ3) is 3.04. The van der Waals surface area contributed by atoms with Crippen molar-refractivity contribution in [2.75, 3.05) is 5.32 Å². The van der Waals surface area contributed by atoms with Crippen molar-refractivity contribution in [2.45, 2.75) is 6.54 Å². The zero-order chi connectivity index (χ0) is 13.1. The number of benzene rings is 2. The Bertz CT molecular complexity index is 710. The smallest absolute Gasteiger partial charge is 0.0401 e. The molecule has 0 aliphatic heterocycles. The Labute approximate surface area is 126 Å². The molecule has 0 unspecified atom stereocenters. The summed E-state index contributed by atoms with van der Waals surface area (Å²) in [6.45, 7) is 0.832. The standard InChI is InChI=1S/C16H13IN2/c17-15-2-1-3-16(9-15)19-10-12-4-5-14-11-18-7-6-13(14)8-12/h1-9,11,19H,10H2. The summed E-state index contributed by atoms with van der Waals surface area (Å²) in [4.78, 5) is 4.13. The lowest BCUT2D eigenvalue weighted by Crippen LogP contribution is -1.99. The van der Waals surface area contributed by atoms with Crippen molar-refractivity contribution in [3.63, 3.8) is 0 Å². The first kappa shape index (κ1) is 12.4. The Hall–Kier alpha value is -1.62. The zero-order valence-electron chi connectivity index (χ0n) is 10.3. The molecule has 19 heavy (non-hydrogen) atoms. The van der Waals surface area contributed by atoms with Gasteiger partial charge >= 0.3 is 0 Å². The molecule has 0 aliphatic rings. The van der Waals surface area contributed by atoms with Crippen LogP contribution in [0.15, 0.2) is 60.9 Å². The zero-order valence-corrected chi connectivity index (χ0v) is 12.5. The third-order valence-corrected chi connectivity index (χ3v) is 3.70. The van der Waals surface area contributed by atoms with Crippen LogP contribution in [-0.2, 0) is 6.54 Å². The first-order chi connectivity index (χ1) is 9.31. The highest BCUT2D eigenvalue weighted by molar-refractivity contribution is 14.1. The van der Waals surface area contributed by atoms with Crippen LogP contribution in [0.2, 0.25) is 0 Å². The molecule has 0 aliphatic carbocycles. The van der Waals surface area contributed by atoms with Crippen LogP contribution in [-0.4, -0.2) is 4.98 Å². The van der Waals surface area contributed by atoms with E-state index in [0.29, 0.717) is 0 Å². The molecule has 0 saturated carbocycles. The van der Waals surface area contributed by atoms with Gasteiger partial charge in [0.25, 0.3) is 0 Å². The highest BCUT2D eigenvalue weighted by atomic mass is 127. The monoisotopic (exact) mass is 360 g/mol. The van der Waals surface area contributed by atoms with Gasteiger partial charge in [0.2, 0.25) is 0 Å². The van der Waals surface area contributed by atoms with Gasteiger partial charge in [0.05, 0.1) is 0 Å². The van der Waals surface area contributed by atoms with Gasteiger partial charge in [-0.25, -0.2) is 0 Å². The summed E-state index contributed by atoms with van der Waals surface area (Å²) in [5.74, 6) is 0. The number of halogens is 1. The van der Waals surface area contributed by atoms with Crippen LogP contribution in [0.1, 0.15) is 5.56 Å². The molecule has 0 radical (unpaired) electrons. The summed E-state index contributed by atoms with van der Waals surface area (Å²) in [5.41, 5.74) is 2.43. The second kappa shape index (κ2) is 5.57. The Kier molecular flexibility index (Phi) is 3.64. The Balaban J connectivity index is 1.78. The van der Waals surface area contributed by atoms with E-state index in [4.69, 9.17) is 0 Å². The number of fused-ring (bicyclic) bond motifs is 1. The van der Waals surface area contributed by atoms with E-state index in [9.17, 15) is 0 Å². The summed E-state index contributed by atoms with van der Waals surface area (Å²) < 4.78 is 1.24. The minimum atomic E-state index is 0.832. The van der Waals surface area contributed by atoms with Gasteiger partial charge in [0.15, 0.2) is 0 Å². The van der Waals surface area contributed by atoms with E-state index in [-0.39, 0.29) is 0 Å². The van der Waals surface area contributed by atoms with E-state index >= 15 is 0 Å². The van der Waals surface area contributed by atoms with Gasteiger partial charge in [-0.1, -0.05) is 18.2 Å². The number of hydrogen-bond donors (Lipinski definition) is 1. The molecular formula is C16H13IN2. The lowest BCUT2D eigenvalue weighted by molar-refractivity contribution is 1.15. The molecule has 1 N–H and O–H groups in total. The molecule has 0 spiro atoms. The Morgan fingerprint density at radius 1 is 1.00 bits per heavy atom. The van der Waals surface area contributed by atoms with Crippen LogP contribution in [0.3, 0.4) is 0 Å². The summed E-state index contributed by atoms with van der Waals surface area (Å²) >= 11 is 2.32. The SMILES string of the molecule is Ic1cccc(NCc2ccc3cnccc3c2)c1. The third-order valence-electron chi connectivity index (χ3n) is 3.03. The molecule has 1 heterocycles. The van der Waals surface area contributed by atoms with Crippen molar-refractivity contribution in [3.8, 4) is 0 Å². The van der Waals surface area contributed by atoms with E-state index in [0.717, 1.165) is 12.2 Å². The largest absolute Gasteiger partial charge is 0.381 e. The van der Waals surface area contributed by atoms with Gasteiger partial charge in [-0.05, 0) is 63.9 Å².